The van der Waals surface area contributed by atoms with Gasteiger partial charge in [0.15, 0.2) is 5.92 Å². The Morgan fingerprint density at radius 1 is 1.26 bits per heavy atom. The highest BCUT2D eigenvalue weighted by atomic mass is 19.4. The van der Waals surface area contributed by atoms with Crippen molar-refractivity contribution in [3.63, 3.8) is 0 Å². The van der Waals surface area contributed by atoms with E-state index in [4.69, 9.17) is 0 Å². The fraction of sp³-hybridized carbons (Fsp3) is 0.700. The molecule has 0 rings (SSSR count). The van der Waals surface area contributed by atoms with Crippen LogP contribution in [0.4, 0.5) is 13.2 Å². The molecule has 19 heavy (non-hydrogen) atoms. The van der Waals surface area contributed by atoms with Crippen molar-refractivity contribution in [1.29, 1.82) is 0 Å². The number of methoxy groups -OCH3 is 1. The molecule has 1 N–H and O–H groups in total. The smallest absolute Gasteiger partial charge is 0.429 e. The van der Waals surface area contributed by atoms with E-state index in [1.54, 1.807) is 0 Å². The molecule has 0 bridgehead atoms. The number of rotatable bonds is 5. The maximum Gasteiger partial charge on any atom is 0.429 e. The summed E-state index contributed by atoms with van der Waals surface area (Å²) in [6, 6.07) is 0. The van der Waals surface area contributed by atoms with Crippen molar-refractivity contribution in [3.05, 3.63) is 0 Å². The van der Waals surface area contributed by atoms with Crippen LogP contribution in [0.25, 0.3) is 0 Å². The zero-order chi connectivity index (χ0) is 15.4. The predicted molar refractivity (Wildman–Crippen MR) is 53.8 cm³/mol. The minimum Gasteiger partial charge on any atom is -0.467 e. The van der Waals surface area contributed by atoms with E-state index in [0.717, 1.165) is 0 Å². The van der Waals surface area contributed by atoms with Crippen LogP contribution in [-0.2, 0) is 23.9 Å². The molecule has 0 aromatic rings. The molecule has 0 spiro atoms. The average molecular weight is 286 g/mol. The van der Waals surface area contributed by atoms with E-state index in [9.17, 15) is 32.7 Å². The van der Waals surface area contributed by atoms with Gasteiger partial charge in [-0.1, -0.05) is 0 Å². The summed E-state index contributed by atoms with van der Waals surface area (Å²) in [5.41, 5.74) is -4.28. The normalized spacial score (nSPS) is 16.2. The van der Waals surface area contributed by atoms with Crippen LogP contribution in [0.3, 0.4) is 0 Å². The van der Waals surface area contributed by atoms with Gasteiger partial charge in [0.25, 0.3) is 5.60 Å². The Balaban J connectivity index is 5.86. The second kappa shape index (κ2) is 6.00. The van der Waals surface area contributed by atoms with Gasteiger partial charge in [-0.2, -0.15) is 13.2 Å². The van der Waals surface area contributed by atoms with E-state index >= 15 is 0 Å². The number of alkyl halides is 3. The van der Waals surface area contributed by atoms with Gasteiger partial charge in [0, 0.05) is 0 Å². The third-order valence-electron chi connectivity index (χ3n) is 2.28. The number of Topliss-reactive ketones (excluding diaryl/α,β-unsaturated/α-hetero) is 1. The first-order chi connectivity index (χ1) is 8.53. The summed E-state index contributed by atoms with van der Waals surface area (Å²) in [6.07, 6.45) is -5.58. The van der Waals surface area contributed by atoms with Crippen molar-refractivity contribution in [3.8, 4) is 0 Å². The third kappa shape index (κ3) is 3.22. The highest BCUT2D eigenvalue weighted by molar-refractivity contribution is 6.04. The lowest BCUT2D eigenvalue weighted by molar-refractivity contribution is -0.275. The summed E-state index contributed by atoms with van der Waals surface area (Å²) in [5, 5.41) is 9.52. The van der Waals surface area contributed by atoms with Crippen LogP contribution < -0.4 is 0 Å². The van der Waals surface area contributed by atoms with Gasteiger partial charge < -0.3 is 14.6 Å². The monoisotopic (exact) mass is 286 g/mol. The van der Waals surface area contributed by atoms with Crippen molar-refractivity contribution in [2.75, 3.05) is 13.7 Å². The molecule has 0 aromatic carbocycles. The second-order valence-electron chi connectivity index (χ2n) is 3.55. The minimum absolute atomic E-state index is 0.322. The molecule has 0 saturated heterocycles. The molecule has 0 aliphatic carbocycles. The van der Waals surface area contributed by atoms with Crippen LogP contribution >= 0.6 is 0 Å². The largest absolute Gasteiger partial charge is 0.467 e. The second-order valence-corrected chi connectivity index (χ2v) is 3.55. The zero-order valence-electron chi connectivity index (χ0n) is 10.4. The van der Waals surface area contributed by atoms with Crippen molar-refractivity contribution < 1.29 is 42.1 Å². The molecule has 0 aromatic heterocycles. The number of hydrogen-bond acceptors (Lipinski definition) is 6. The fourth-order valence-corrected chi connectivity index (χ4v) is 1.41. The van der Waals surface area contributed by atoms with Crippen molar-refractivity contribution in [1.82, 2.24) is 0 Å². The Bertz CT molecular complexity index is 378. The van der Waals surface area contributed by atoms with Crippen LogP contribution in [0.5, 0.6) is 0 Å². The van der Waals surface area contributed by atoms with Crippen molar-refractivity contribution >= 4 is 17.7 Å². The number of hydrogen-bond donors (Lipinski definition) is 1. The Labute approximate surface area is 106 Å². The molecule has 0 aliphatic rings. The predicted octanol–water partition coefficient (Wildman–Crippen LogP) is 0.221. The molecule has 0 heterocycles. The minimum atomic E-state index is -5.58. The van der Waals surface area contributed by atoms with Crippen LogP contribution in [0.2, 0.25) is 0 Å². The molecule has 0 saturated carbocycles. The van der Waals surface area contributed by atoms with Crippen LogP contribution in [0.1, 0.15) is 13.8 Å². The van der Waals surface area contributed by atoms with Gasteiger partial charge in [-0.3, -0.25) is 9.59 Å². The Morgan fingerprint density at radius 3 is 2.00 bits per heavy atom. The molecule has 0 amide bonds. The molecular weight excluding hydrogens is 273 g/mol. The average Bonchev–Trinajstić information content (AvgIpc) is 2.26. The van der Waals surface area contributed by atoms with E-state index in [0.29, 0.717) is 14.0 Å². The molecule has 9 heteroatoms. The third-order valence-corrected chi connectivity index (χ3v) is 2.28. The molecule has 2 unspecified atom stereocenters. The van der Waals surface area contributed by atoms with E-state index in [2.05, 4.69) is 9.47 Å². The van der Waals surface area contributed by atoms with Gasteiger partial charge in [0.05, 0.1) is 13.7 Å². The first-order valence-electron chi connectivity index (χ1n) is 5.08. The molecule has 2 atom stereocenters. The highest BCUT2D eigenvalue weighted by Gasteiger charge is 2.69. The first-order valence-corrected chi connectivity index (χ1v) is 5.08. The van der Waals surface area contributed by atoms with Gasteiger partial charge in [-0.05, 0) is 13.8 Å². The molecule has 0 radical (unpaired) electrons. The van der Waals surface area contributed by atoms with Gasteiger partial charge in [0.2, 0.25) is 0 Å². The molecule has 110 valence electrons. The molecule has 0 fully saturated rings. The summed E-state index contributed by atoms with van der Waals surface area (Å²) < 4.78 is 46.6. The van der Waals surface area contributed by atoms with Gasteiger partial charge in [-0.15, -0.1) is 0 Å². The highest BCUT2D eigenvalue weighted by Crippen LogP contribution is 2.38. The summed E-state index contributed by atoms with van der Waals surface area (Å²) in [7, 11) is 0.585. The SMILES string of the molecule is CCOC(=O)C(C(C)=O)C(O)(C(=O)OC)C(F)(F)F. The van der Waals surface area contributed by atoms with E-state index in [1.807, 2.05) is 0 Å². The molecular formula is C10H13F3O6. The maximum atomic E-state index is 12.8. The quantitative estimate of drug-likeness (QED) is 0.574. The summed E-state index contributed by atoms with van der Waals surface area (Å²) >= 11 is 0. The standard InChI is InChI=1S/C10H13F3O6/c1-4-19-7(15)6(5(2)14)9(17,8(16)18-3)10(11,12)13/h6,17H,4H2,1-3H3. The van der Waals surface area contributed by atoms with E-state index in [1.165, 1.54) is 6.92 Å². The van der Waals surface area contributed by atoms with E-state index < -0.39 is 35.4 Å². The van der Waals surface area contributed by atoms with Gasteiger partial charge >= 0.3 is 18.1 Å². The number of esters is 2. The zero-order valence-corrected chi connectivity index (χ0v) is 10.4. The maximum absolute atomic E-state index is 12.8. The lowest BCUT2D eigenvalue weighted by atomic mass is 9.83. The summed E-state index contributed by atoms with van der Waals surface area (Å²) in [5.74, 6) is -7.92. The summed E-state index contributed by atoms with van der Waals surface area (Å²) in [4.78, 5) is 33.8. The van der Waals surface area contributed by atoms with Crippen LogP contribution in [-0.4, -0.2) is 48.3 Å². The van der Waals surface area contributed by atoms with Crippen molar-refractivity contribution in [2.24, 2.45) is 5.92 Å². The van der Waals surface area contributed by atoms with Crippen LogP contribution in [0.15, 0.2) is 0 Å². The molecule has 0 aliphatic heterocycles. The lowest BCUT2D eigenvalue weighted by Gasteiger charge is -2.32. The number of ketones is 1. The Morgan fingerprint density at radius 2 is 1.74 bits per heavy atom. The Hall–Kier alpha value is -1.64. The van der Waals surface area contributed by atoms with Gasteiger partial charge in [0.1, 0.15) is 5.78 Å². The molecule has 6 nitrogen and oxygen atoms in total. The Kier molecular flexibility index (Phi) is 5.48. The lowest BCUT2D eigenvalue weighted by Crippen LogP contribution is -2.62. The fourth-order valence-electron chi connectivity index (χ4n) is 1.41. The first kappa shape index (κ1) is 17.4. The summed E-state index contributed by atoms with van der Waals surface area (Å²) in [6.45, 7) is 1.60. The number of carbonyl (C=O) groups is 3. The van der Waals surface area contributed by atoms with Gasteiger partial charge in [-0.25, -0.2) is 4.79 Å². The van der Waals surface area contributed by atoms with E-state index in [-0.39, 0.29) is 6.61 Å². The van der Waals surface area contributed by atoms with Crippen molar-refractivity contribution in [2.45, 2.75) is 25.6 Å². The number of carbonyl (C=O) groups excluding carboxylic acids is 3. The number of halogens is 3. The number of ether oxygens (including phenoxy) is 2. The number of aliphatic hydroxyl groups is 1. The van der Waals surface area contributed by atoms with Crippen LogP contribution in [0, 0.1) is 5.92 Å². The topological polar surface area (TPSA) is 89.9 Å².